The van der Waals surface area contributed by atoms with Gasteiger partial charge in [-0.25, -0.2) is 4.68 Å². The van der Waals surface area contributed by atoms with Crippen LogP contribution in [-0.2, 0) is 21.1 Å². The van der Waals surface area contributed by atoms with Crippen molar-refractivity contribution >= 4 is 40.6 Å². The Labute approximate surface area is 226 Å². The topological polar surface area (TPSA) is 129 Å². The number of nitrogens with zero attached hydrogens (tertiary/aromatic N) is 5. The van der Waals surface area contributed by atoms with Crippen LogP contribution in [0.1, 0.15) is 40.0 Å². The summed E-state index contributed by atoms with van der Waals surface area (Å²) < 4.78 is 0.139. The number of fused-ring (bicyclic) bond motifs is 2. The number of aliphatic carboxylic acids is 1. The molecule has 4 heterocycles. The summed E-state index contributed by atoms with van der Waals surface area (Å²) in [4.78, 5) is 44.3. The molecule has 6 atom stereocenters. The Hall–Kier alpha value is -2.92. The Kier molecular flexibility index (Phi) is 6.79. The Morgan fingerprint density at radius 3 is 2.71 bits per heavy atom. The van der Waals surface area contributed by atoms with E-state index in [1.165, 1.54) is 16.7 Å². The van der Waals surface area contributed by atoms with E-state index in [1.807, 2.05) is 45.0 Å². The number of para-hydroxylation sites is 1. The molecule has 1 aromatic heterocycles. The number of rotatable bonds is 10. The number of thioether (sulfide) groups is 1. The number of aliphatic hydroxyl groups excluding tert-OH is 1. The predicted octanol–water partition coefficient (Wildman–Crippen LogP) is 2.38. The molecule has 2 bridgehead atoms. The van der Waals surface area contributed by atoms with Crippen LogP contribution in [0.5, 0.6) is 0 Å². The summed E-state index contributed by atoms with van der Waals surface area (Å²) >= 11 is 1.49. The van der Waals surface area contributed by atoms with Gasteiger partial charge in [-0.1, -0.05) is 37.3 Å². The molecule has 11 heteroatoms. The Morgan fingerprint density at radius 1 is 1.32 bits per heavy atom. The zero-order chi connectivity index (χ0) is 27.4. The van der Waals surface area contributed by atoms with Gasteiger partial charge in [0, 0.05) is 11.3 Å². The van der Waals surface area contributed by atoms with E-state index in [-0.39, 0.29) is 37.6 Å². The van der Waals surface area contributed by atoms with Gasteiger partial charge in [-0.15, -0.1) is 23.4 Å². The maximum atomic E-state index is 14.5. The maximum absolute atomic E-state index is 14.5. The van der Waals surface area contributed by atoms with Crippen molar-refractivity contribution in [2.45, 2.75) is 68.3 Å². The molecule has 1 spiro atoms. The molecule has 2 unspecified atom stereocenters. The number of benzene rings is 1. The Balaban J connectivity index is 1.58. The van der Waals surface area contributed by atoms with E-state index in [1.54, 1.807) is 15.7 Å². The van der Waals surface area contributed by atoms with Gasteiger partial charge in [0.25, 0.3) is 0 Å². The summed E-state index contributed by atoms with van der Waals surface area (Å²) in [6, 6.07) is 5.98. The third-order valence-corrected chi connectivity index (χ3v) is 10.4. The molecule has 2 aromatic rings. The molecule has 0 aliphatic carbocycles. The predicted molar refractivity (Wildman–Crippen MR) is 143 cm³/mol. The standard InChI is InChI=1S/C27H35N5O5S/c1-5-12-30(15-31-19-9-7-6-8-18(19)28-29-31)24(35)22-27-11-10-26(4,38-27)21(25(36)37)20(27)23(34)32(22)17(14-33)13-16(2)3/h5-9,16-17,20-22,33H,1,10-15H2,2-4H3,(H,36,37)/t17-,20+,21-,22?,26+,27?/m1/s1. The number of carbonyl (C=O) groups excluding carboxylic acids is 2. The fourth-order valence-corrected chi connectivity index (χ4v) is 9.29. The van der Waals surface area contributed by atoms with E-state index < -0.39 is 39.4 Å². The van der Waals surface area contributed by atoms with E-state index >= 15 is 0 Å². The number of likely N-dealkylation sites (tertiary alicyclic amines) is 1. The van der Waals surface area contributed by atoms with Crippen molar-refractivity contribution in [1.29, 1.82) is 0 Å². The molecule has 3 aliphatic rings. The number of hydrogen-bond acceptors (Lipinski definition) is 7. The second-order valence-electron chi connectivity index (χ2n) is 11.3. The van der Waals surface area contributed by atoms with Gasteiger partial charge in [0.2, 0.25) is 11.8 Å². The van der Waals surface area contributed by atoms with Crippen molar-refractivity contribution in [2.75, 3.05) is 13.2 Å². The number of aliphatic hydroxyl groups is 1. The summed E-state index contributed by atoms with van der Waals surface area (Å²) in [6.45, 7) is 9.76. The lowest BCUT2D eigenvalue weighted by molar-refractivity contribution is -0.151. The zero-order valence-corrected chi connectivity index (χ0v) is 22.8. The summed E-state index contributed by atoms with van der Waals surface area (Å²) in [5.41, 5.74) is 1.47. The largest absolute Gasteiger partial charge is 0.481 e. The van der Waals surface area contributed by atoms with Gasteiger partial charge in [-0.05, 0) is 44.2 Å². The Morgan fingerprint density at radius 2 is 2.05 bits per heavy atom. The first-order chi connectivity index (χ1) is 18.1. The highest BCUT2D eigenvalue weighted by molar-refractivity contribution is 8.02. The van der Waals surface area contributed by atoms with Crippen LogP contribution in [-0.4, -0.2) is 87.5 Å². The minimum atomic E-state index is -1.01. The number of hydrogen-bond donors (Lipinski definition) is 2. The van der Waals surface area contributed by atoms with Crippen LogP contribution in [0.15, 0.2) is 36.9 Å². The molecule has 3 aliphatic heterocycles. The number of carboxylic acid groups (broad SMARTS) is 1. The van der Waals surface area contributed by atoms with Crippen molar-refractivity contribution in [3.8, 4) is 0 Å². The molecular weight excluding hydrogens is 506 g/mol. The molecule has 5 rings (SSSR count). The fourth-order valence-electron chi connectivity index (χ4n) is 6.96. The molecule has 2 N–H and O–H groups in total. The minimum absolute atomic E-state index is 0.100. The quantitative estimate of drug-likeness (QED) is 0.439. The van der Waals surface area contributed by atoms with Crippen LogP contribution in [0.4, 0.5) is 0 Å². The van der Waals surface area contributed by atoms with Crippen molar-refractivity contribution < 1.29 is 24.6 Å². The van der Waals surface area contributed by atoms with Crippen molar-refractivity contribution in [3.63, 3.8) is 0 Å². The lowest BCUT2D eigenvalue weighted by atomic mass is 9.66. The van der Waals surface area contributed by atoms with Crippen LogP contribution in [0.3, 0.4) is 0 Å². The normalized spacial score (nSPS) is 30.7. The summed E-state index contributed by atoms with van der Waals surface area (Å²) in [6.07, 6.45) is 3.31. The van der Waals surface area contributed by atoms with E-state index in [0.29, 0.717) is 24.8 Å². The van der Waals surface area contributed by atoms with E-state index in [4.69, 9.17) is 0 Å². The average Bonchev–Trinajstić information content (AvgIpc) is 3.57. The molecule has 3 fully saturated rings. The lowest BCUT2D eigenvalue weighted by Crippen LogP contribution is -2.57. The summed E-state index contributed by atoms with van der Waals surface area (Å²) in [7, 11) is 0. The van der Waals surface area contributed by atoms with Gasteiger partial charge in [-0.2, -0.15) is 0 Å². The van der Waals surface area contributed by atoms with Crippen LogP contribution >= 0.6 is 11.8 Å². The van der Waals surface area contributed by atoms with Gasteiger partial charge in [0.1, 0.15) is 18.2 Å². The van der Waals surface area contributed by atoms with Crippen LogP contribution in [0.2, 0.25) is 0 Å². The first-order valence-electron chi connectivity index (χ1n) is 13.1. The monoisotopic (exact) mass is 541 g/mol. The Bertz CT molecular complexity index is 1280. The van der Waals surface area contributed by atoms with Crippen molar-refractivity contribution in [3.05, 3.63) is 36.9 Å². The highest BCUT2D eigenvalue weighted by atomic mass is 32.2. The minimum Gasteiger partial charge on any atom is -0.481 e. The smallest absolute Gasteiger partial charge is 0.308 e. The average molecular weight is 542 g/mol. The number of carboxylic acids is 1. The van der Waals surface area contributed by atoms with Gasteiger partial charge < -0.3 is 20.0 Å². The zero-order valence-electron chi connectivity index (χ0n) is 22.0. The maximum Gasteiger partial charge on any atom is 0.308 e. The molecule has 0 saturated carbocycles. The van der Waals surface area contributed by atoms with Gasteiger partial charge in [0.15, 0.2) is 0 Å². The summed E-state index contributed by atoms with van der Waals surface area (Å²) in [5.74, 6) is -3.18. The van der Waals surface area contributed by atoms with Crippen LogP contribution in [0, 0.1) is 17.8 Å². The van der Waals surface area contributed by atoms with Crippen molar-refractivity contribution in [1.82, 2.24) is 24.8 Å². The number of carbonyl (C=O) groups is 3. The second kappa shape index (κ2) is 9.68. The third kappa shape index (κ3) is 3.93. The van der Waals surface area contributed by atoms with Crippen LogP contribution in [0.25, 0.3) is 11.0 Å². The fraction of sp³-hybridized carbons (Fsp3) is 0.593. The lowest BCUT2D eigenvalue weighted by Gasteiger charge is -2.40. The third-order valence-electron chi connectivity index (χ3n) is 8.45. The second-order valence-corrected chi connectivity index (χ2v) is 13.2. The molecule has 10 nitrogen and oxygen atoms in total. The van der Waals surface area contributed by atoms with Gasteiger partial charge >= 0.3 is 5.97 Å². The van der Waals surface area contributed by atoms with Gasteiger partial charge in [-0.3, -0.25) is 14.4 Å². The molecule has 38 heavy (non-hydrogen) atoms. The molecule has 0 radical (unpaired) electrons. The molecular formula is C27H35N5O5S. The first kappa shape index (κ1) is 26.7. The molecule has 3 saturated heterocycles. The first-order valence-corrected chi connectivity index (χ1v) is 13.9. The highest BCUT2D eigenvalue weighted by Gasteiger charge is 2.78. The van der Waals surface area contributed by atoms with E-state index in [0.717, 1.165) is 5.52 Å². The molecule has 2 amide bonds. The van der Waals surface area contributed by atoms with E-state index in [2.05, 4.69) is 16.9 Å². The number of aromatic nitrogens is 3. The van der Waals surface area contributed by atoms with Crippen LogP contribution < -0.4 is 0 Å². The SMILES string of the molecule is C=CCN(Cn1nnc2ccccc21)C(=O)C1N([C@@H](CO)CC(C)C)C(=O)[C@@H]2[C@H](C(=O)O)[C@]3(C)CCC12S3. The molecule has 204 valence electrons. The molecule has 1 aromatic carbocycles. The van der Waals surface area contributed by atoms with Gasteiger partial charge in [0.05, 0.1) is 34.7 Å². The number of amides is 2. The van der Waals surface area contributed by atoms with Crippen molar-refractivity contribution in [2.24, 2.45) is 17.8 Å². The summed E-state index contributed by atoms with van der Waals surface area (Å²) in [5, 5.41) is 29.1. The van der Waals surface area contributed by atoms with E-state index in [9.17, 15) is 24.6 Å². The highest BCUT2D eigenvalue weighted by Crippen LogP contribution is 2.71.